The van der Waals surface area contributed by atoms with Crippen LogP contribution in [0.4, 0.5) is 5.69 Å². The minimum atomic E-state index is -0.398. The number of para-hydroxylation sites is 1. The van der Waals surface area contributed by atoms with Crippen molar-refractivity contribution in [3.63, 3.8) is 0 Å². The fourth-order valence-corrected chi connectivity index (χ4v) is 4.45. The number of carbonyl (C=O) groups is 1. The van der Waals surface area contributed by atoms with Crippen molar-refractivity contribution in [1.29, 1.82) is 0 Å². The van der Waals surface area contributed by atoms with Gasteiger partial charge in [-0.2, -0.15) is 5.10 Å². The second-order valence-corrected chi connectivity index (χ2v) is 8.72. The lowest BCUT2D eigenvalue weighted by molar-refractivity contribution is -0.117. The van der Waals surface area contributed by atoms with E-state index in [1.54, 1.807) is 18.3 Å². The number of anilines is 1. The number of hydrogen-bond donors (Lipinski definition) is 1. The third-order valence-electron chi connectivity index (χ3n) is 6.01. The molecule has 0 saturated heterocycles. The zero-order valence-corrected chi connectivity index (χ0v) is 20.0. The van der Waals surface area contributed by atoms with Gasteiger partial charge in [0, 0.05) is 33.9 Å². The Bertz CT molecular complexity index is 1620. The van der Waals surface area contributed by atoms with Gasteiger partial charge in [0.15, 0.2) is 0 Å². The summed E-state index contributed by atoms with van der Waals surface area (Å²) in [7, 11) is 1.50. The predicted octanol–water partition coefficient (Wildman–Crippen LogP) is 5.01. The second-order valence-electron chi connectivity index (χ2n) is 8.31. The number of rotatable bonds is 6. The van der Waals surface area contributed by atoms with E-state index in [0.717, 1.165) is 27.4 Å². The van der Waals surface area contributed by atoms with Gasteiger partial charge in [-0.3, -0.25) is 9.59 Å². The van der Waals surface area contributed by atoms with Crippen molar-refractivity contribution in [2.75, 3.05) is 12.4 Å². The second kappa shape index (κ2) is 9.27. The van der Waals surface area contributed by atoms with Gasteiger partial charge in [-0.25, -0.2) is 4.68 Å². The first-order valence-corrected chi connectivity index (χ1v) is 11.5. The summed E-state index contributed by atoms with van der Waals surface area (Å²) in [5.41, 5.74) is 3.47. The molecule has 35 heavy (non-hydrogen) atoms. The average molecular weight is 487 g/mol. The average Bonchev–Trinajstić information content (AvgIpc) is 3.18. The Morgan fingerprint density at radius 3 is 2.57 bits per heavy atom. The predicted molar refractivity (Wildman–Crippen MR) is 138 cm³/mol. The molecule has 0 aliphatic carbocycles. The molecule has 0 radical (unpaired) electrons. The Morgan fingerprint density at radius 1 is 1.06 bits per heavy atom. The van der Waals surface area contributed by atoms with E-state index >= 15 is 0 Å². The van der Waals surface area contributed by atoms with Crippen LogP contribution in [0.25, 0.3) is 21.8 Å². The quantitative estimate of drug-likeness (QED) is 0.366. The summed E-state index contributed by atoms with van der Waals surface area (Å²) in [5, 5.41) is 9.36. The number of nitrogens with one attached hydrogen (secondary N) is 1. The number of carbonyl (C=O) groups excluding carboxylic acids is 1. The molecule has 0 aliphatic rings. The zero-order chi connectivity index (χ0) is 24.5. The van der Waals surface area contributed by atoms with Crippen LogP contribution in [0.1, 0.15) is 11.1 Å². The molecule has 5 aromatic rings. The van der Waals surface area contributed by atoms with Crippen LogP contribution in [-0.2, 0) is 17.9 Å². The standard InChI is InChI=1S/C27H23ClN4O3/c1-17-12-22(24(35-2)13-21(17)28)30-25(33)16-32-27(34)26-20(14-29-32)19-10-6-7-11-23(19)31(26)15-18-8-4-3-5-9-18/h3-14H,15-16H2,1-2H3,(H,30,33). The van der Waals surface area contributed by atoms with Crippen molar-refractivity contribution in [3.05, 3.63) is 99.4 Å². The van der Waals surface area contributed by atoms with E-state index in [-0.39, 0.29) is 12.1 Å². The van der Waals surface area contributed by atoms with Gasteiger partial charge in [0.1, 0.15) is 17.8 Å². The molecule has 0 fully saturated rings. The third kappa shape index (κ3) is 4.26. The van der Waals surface area contributed by atoms with E-state index < -0.39 is 5.91 Å². The van der Waals surface area contributed by atoms with Gasteiger partial charge in [0.2, 0.25) is 5.91 Å². The van der Waals surface area contributed by atoms with Crippen LogP contribution in [-0.4, -0.2) is 27.4 Å². The van der Waals surface area contributed by atoms with E-state index in [1.807, 2.05) is 66.1 Å². The highest BCUT2D eigenvalue weighted by Crippen LogP contribution is 2.31. The minimum Gasteiger partial charge on any atom is -0.495 e. The molecule has 0 atom stereocenters. The van der Waals surface area contributed by atoms with Crippen molar-refractivity contribution in [2.45, 2.75) is 20.0 Å². The fraction of sp³-hybridized carbons (Fsp3) is 0.148. The summed E-state index contributed by atoms with van der Waals surface area (Å²) in [5.74, 6) is 0.0392. The Hall–Kier alpha value is -4.10. The molecule has 5 rings (SSSR count). The molecule has 3 aromatic carbocycles. The van der Waals surface area contributed by atoms with Crippen molar-refractivity contribution in [2.24, 2.45) is 0 Å². The topological polar surface area (TPSA) is 78.2 Å². The molecule has 1 amide bonds. The smallest absolute Gasteiger partial charge is 0.291 e. The lowest BCUT2D eigenvalue weighted by atomic mass is 10.2. The van der Waals surface area contributed by atoms with Crippen molar-refractivity contribution in [1.82, 2.24) is 14.3 Å². The molecule has 1 N–H and O–H groups in total. The molecule has 7 nitrogen and oxygen atoms in total. The molecule has 2 heterocycles. The number of halogens is 1. The van der Waals surface area contributed by atoms with Gasteiger partial charge in [-0.05, 0) is 30.2 Å². The van der Waals surface area contributed by atoms with Gasteiger partial charge in [-0.15, -0.1) is 0 Å². The molecule has 0 saturated carbocycles. The molecule has 2 aromatic heterocycles. The van der Waals surface area contributed by atoms with Crippen molar-refractivity contribution < 1.29 is 9.53 Å². The van der Waals surface area contributed by atoms with Gasteiger partial charge in [-0.1, -0.05) is 60.1 Å². The van der Waals surface area contributed by atoms with E-state index in [4.69, 9.17) is 16.3 Å². The van der Waals surface area contributed by atoms with Gasteiger partial charge < -0.3 is 14.6 Å². The van der Waals surface area contributed by atoms with Gasteiger partial charge in [0.05, 0.1) is 19.0 Å². The molecule has 0 unspecified atom stereocenters. The van der Waals surface area contributed by atoms with Crippen LogP contribution >= 0.6 is 11.6 Å². The highest BCUT2D eigenvalue weighted by molar-refractivity contribution is 6.31. The molecular formula is C27H23ClN4O3. The Kier molecular flexibility index (Phi) is 6.01. The maximum absolute atomic E-state index is 13.6. The van der Waals surface area contributed by atoms with Crippen LogP contribution in [0.3, 0.4) is 0 Å². The maximum Gasteiger partial charge on any atom is 0.291 e. The molecule has 176 valence electrons. The zero-order valence-electron chi connectivity index (χ0n) is 19.3. The molecule has 0 bridgehead atoms. The van der Waals surface area contributed by atoms with Crippen LogP contribution in [0, 0.1) is 6.92 Å². The SMILES string of the molecule is COc1cc(Cl)c(C)cc1NC(=O)Cn1ncc2c3ccccc3n(Cc3ccccc3)c2c1=O. The summed E-state index contributed by atoms with van der Waals surface area (Å²) >= 11 is 6.16. The number of aryl methyl sites for hydroxylation is 1. The number of benzene rings is 3. The van der Waals surface area contributed by atoms with Crippen molar-refractivity contribution >= 4 is 45.0 Å². The van der Waals surface area contributed by atoms with E-state index in [0.29, 0.717) is 28.5 Å². The van der Waals surface area contributed by atoms with E-state index in [9.17, 15) is 9.59 Å². The first kappa shape index (κ1) is 22.7. The van der Waals surface area contributed by atoms with Gasteiger partial charge >= 0.3 is 0 Å². The lowest BCUT2D eigenvalue weighted by Gasteiger charge is -2.13. The van der Waals surface area contributed by atoms with Crippen molar-refractivity contribution in [3.8, 4) is 5.75 Å². The van der Waals surface area contributed by atoms with Crippen LogP contribution in [0.15, 0.2) is 77.7 Å². The fourth-order valence-electron chi connectivity index (χ4n) is 4.29. The Balaban J connectivity index is 1.54. The summed E-state index contributed by atoms with van der Waals surface area (Å²) in [6.07, 6.45) is 1.65. The van der Waals surface area contributed by atoms with Crippen LogP contribution in [0.2, 0.25) is 5.02 Å². The largest absolute Gasteiger partial charge is 0.495 e. The Morgan fingerprint density at radius 2 is 1.80 bits per heavy atom. The van der Waals surface area contributed by atoms with Crippen LogP contribution < -0.4 is 15.6 Å². The number of aromatic nitrogens is 3. The number of amides is 1. The number of ether oxygens (including phenoxy) is 1. The monoisotopic (exact) mass is 486 g/mol. The molecule has 0 aliphatic heterocycles. The summed E-state index contributed by atoms with van der Waals surface area (Å²) in [4.78, 5) is 26.5. The minimum absolute atomic E-state index is 0.244. The highest BCUT2D eigenvalue weighted by Gasteiger charge is 2.18. The Labute approximate surface area is 206 Å². The third-order valence-corrected chi connectivity index (χ3v) is 6.41. The van der Waals surface area contributed by atoms with E-state index in [1.165, 1.54) is 11.8 Å². The summed E-state index contributed by atoms with van der Waals surface area (Å²) in [6.45, 7) is 2.12. The van der Waals surface area contributed by atoms with Crippen LogP contribution in [0.5, 0.6) is 5.75 Å². The van der Waals surface area contributed by atoms with E-state index in [2.05, 4.69) is 10.4 Å². The van der Waals surface area contributed by atoms with Gasteiger partial charge in [0.25, 0.3) is 5.56 Å². The maximum atomic E-state index is 13.6. The normalized spacial score (nSPS) is 11.2. The summed E-state index contributed by atoms with van der Waals surface area (Å²) in [6, 6.07) is 21.2. The number of nitrogens with zero attached hydrogens (tertiary/aromatic N) is 3. The number of hydrogen-bond acceptors (Lipinski definition) is 4. The highest BCUT2D eigenvalue weighted by atomic mass is 35.5. The molecular weight excluding hydrogens is 464 g/mol. The first-order chi connectivity index (χ1) is 17.0. The molecule has 8 heteroatoms. The summed E-state index contributed by atoms with van der Waals surface area (Å²) < 4.78 is 8.51. The lowest BCUT2D eigenvalue weighted by Crippen LogP contribution is -2.30. The number of methoxy groups -OCH3 is 1. The molecule has 0 spiro atoms. The number of fused-ring (bicyclic) bond motifs is 3. The first-order valence-electron chi connectivity index (χ1n) is 11.1.